The van der Waals surface area contributed by atoms with Gasteiger partial charge in [-0.05, 0) is 32.1 Å². The highest BCUT2D eigenvalue weighted by atomic mass is 16.4. The minimum Gasteiger partial charge on any atom is -0.481 e. The molecule has 0 heterocycles. The molecule has 0 aromatic rings. The van der Waals surface area contributed by atoms with Crippen LogP contribution in [0.5, 0.6) is 0 Å². The lowest BCUT2D eigenvalue weighted by molar-refractivity contribution is -0.137. The van der Waals surface area contributed by atoms with E-state index >= 15 is 0 Å². The van der Waals surface area contributed by atoms with E-state index in [2.05, 4.69) is 19.1 Å². The van der Waals surface area contributed by atoms with E-state index in [0.717, 1.165) is 12.8 Å². The Morgan fingerprint density at radius 1 is 0.500 bits per heavy atom. The number of aliphatic carboxylic acids is 1. The van der Waals surface area contributed by atoms with Gasteiger partial charge >= 0.3 is 5.97 Å². The number of carboxylic acids is 1. The maximum Gasteiger partial charge on any atom is 0.303 e. The molecule has 0 aliphatic rings. The number of carboxylic acid groups (broad SMARTS) is 1. The first-order valence-electron chi connectivity index (χ1n) is 13.6. The fourth-order valence-corrected chi connectivity index (χ4v) is 4.11. The normalized spacial score (nSPS) is 11.5. The van der Waals surface area contributed by atoms with Gasteiger partial charge in [0.2, 0.25) is 0 Å². The molecule has 0 spiro atoms. The number of hydrogen-bond acceptors (Lipinski definition) is 1. The molecule has 2 nitrogen and oxygen atoms in total. The molecule has 0 aliphatic carbocycles. The van der Waals surface area contributed by atoms with E-state index in [9.17, 15) is 4.79 Å². The van der Waals surface area contributed by atoms with Gasteiger partial charge in [0.1, 0.15) is 0 Å². The maximum atomic E-state index is 10.4. The molecule has 0 aromatic carbocycles. The van der Waals surface area contributed by atoms with Crippen LogP contribution in [0.2, 0.25) is 0 Å². The molecule has 0 saturated carbocycles. The average molecular weight is 423 g/mol. The van der Waals surface area contributed by atoms with Gasteiger partial charge in [-0.15, -0.1) is 0 Å². The minimum atomic E-state index is -0.654. The molecule has 1 N–H and O–H groups in total. The summed E-state index contributed by atoms with van der Waals surface area (Å²) in [7, 11) is 0. The van der Waals surface area contributed by atoms with Crippen molar-refractivity contribution in [2.75, 3.05) is 0 Å². The van der Waals surface area contributed by atoms with Crippen LogP contribution in [0, 0.1) is 0 Å². The van der Waals surface area contributed by atoms with Gasteiger partial charge in [-0.1, -0.05) is 135 Å². The second-order valence-electron chi connectivity index (χ2n) is 9.26. The highest BCUT2D eigenvalue weighted by Crippen LogP contribution is 2.13. The molecular formula is C28H54O2. The van der Waals surface area contributed by atoms with E-state index in [4.69, 9.17) is 5.11 Å². The zero-order chi connectivity index (χ0) is 22.0. The van der Waals surface area contributed by atoms with Crippen LogP contribution in [0.4, 0.5) is 0 Å². The summed E-state index contributed by atoms with van der Waals surface area (Å²) in [6, 6.07) is 0. The van der Waals surface area contributed by atoms with E-state index in [1.807, 2.05) is 0 Å². The van der Waals surface area contributed by atoms with Crippen molar-refractivity contribution >= 4 is 5.97 Å². The minimum absolute atomic E-state index is 0.341. The largest absolute Gasteiger partial charge is 0.481 e. The third-order valence-corrected chi connectivity index (χ3v) is 6.15. The molecule has 178 valence electrons. The molecule has 0 aliphatic heterocycles. The van der Waals surface area contributed by atoms with E-state index in [0.29, 0.717) is 6.42 Å². The molecule has 0 radical (unpaired) electrons. The number of carbonyl (C=O) groups is 1. The molecule has 0 unspecified atom stereocenters. The predicted molar refractivity (Wildman–Crippen MR) is 133 cm³/mol. The third kappa shape index (κ3) is 27.2. The Bertz CT molecular complexity index is 362. The third-order valence-electron chi connectivity index (χ3n) is 6.15. The molecule has 30 heavy (non-hydrogen) atoms. The van der Waals surface area contributed by atoms with Crippen molar-refractivity contribution in [1.29, 1.82) is 0 Å². The Morgan fingerprint density at radius 2 is 0.800 bits per heavy atom. The topological polar surface area (TPSA) is 37.3 Å². The molecule has 0 bridgehead atoms. The van der Waals surface area contributed by atoms with Crippen LogP contribution in [0.1, 0.15) is 161 Å². The zero-order valence-electron chi connectivity index (χ0n) is 20.5. The van der Waals surface area contributed by atoms with Crippen LogP contribution in [-0.4, -0.2) is 11.1 Å². The number of allylic oxidation sites excluding steroid dienone is 2. The number of unbranched alkanes of at least 4 members (excludes halogenated alkanes) is 21. The van der Waals surface area contributed by atoms with Crippen molar-refractivity contribution in [1.82, 2.24) is 0 Å². The van der Waals surface area contributed by atoms with Crippen molar-refractivity contribution in [2.24, 2.45) is 0 Å². The molecule has 0 rings (SSSR count). The summed E-state index contributed by atoms with van der Waals surface area (Å²) in [5, 5.41) is 8.59. The van der Waals surface area contributed by atoms with Crippen LogP contribution >= 0.6 is 0 Å². The van der Waals surface area contributed by atoms with Crippen LogP contribution in [0.25, 0.3) is 0 Å². The van der Waals surface area contributed by atoms with Crippen LogP contribution in [0.15, 0.2) is 12.2 Å². The summed E-state index contributed by atoms with van der Waals surface area (Å²) < 4.78 is 0. The Morgan fingerprint density at radius 3 is 1.13 bits per heavy atom. The van der Waals surface area contributed by atoms with Crippen LogP contribution in [-0.2, 0) is 4.79 Å². The van der Waals surface area contributed by atoms with Gasteiger partial charge in [0.05, 0.1) is 0 Å². The van der Waals surface area contributed by atoms with Crippen molar-refractivity contribution in [2.45, 2.75) is 161 Å². The molecule has 0 saturated heterocycles. The summed E-state index contributed by atoms with van der Waals surface area (Å²) in [5.74, 6) is -0.654. The second kappa shape index (κ2) is 26.2. The standard InChI is InChI=1S/C28H54O2/c1-2-3-4-5-6-7-8-9-10-11-12-13-14-15-16-17-18-19-20-21-22-23-24-25-26-27-28(29)30/h14-15H,2-13,16-27H2,1H3,(H,29,30)/b15-14+. The summed E-state index contributed by atoms with van der Waals surface area (Å²) in [5.41, 5.74) is 0. The van der Waals surface area contributed by atoms with E-state index in [1.54, 1.807) is 0 Å². The summed E-state index contributed by atoms with van der Waals surface area (Å²) in [4.78, 5) is 10.4. The molecular weight excluding hydrogens is 368 g/mol. The predicted octanol–water partition coefficient (Wildman–Crippen LogP) is 10.0. The SMILES string of the molecule is CCCCCCCCCCCCC/C=C/CCCCCCCCCCCCC(=O)O. The maximum absolute atomic E-state index is 10.4. The highest BCUT2D eigenvalue weighted by Gasteiger charge is 1.97. The Hall–Kier alpha value is -0.790. The molecule has 2 heteroatoms. The summed E-state index contributed by atoms with van der Waals surface area (Å²) >= 11 is 0. The zero-order valence-corrected chi connectivity index (χ0v) is 20.5. The quantitative estimate of drug-likeness (QED) is 0.117. The fourth-order valence-electron chi connectivity index (χ4n) is 4.11. The molecule has 0 amide bonds. The number of hydrogen-bond donors (Lipinski definition) is 1. The number of rotatable bonds is 25. The Labute approximate surface area is 189 Å². The van der Waals surface area contributed by atoms with E-state index in [-0.39, 0.29) is 0 Å². The first kappa shape index (κ1) is 29.2. The van der Waals surface area contributed by atoms with Gasteiger partial charge in [0.25, 0.3) is 0 Å². The van der Waals surface area contributed by atoms with Gasteiger partial charge in [-0.25, -0.2) is 0 Å². The first-order valence-corrected chi connectivity index (χ1v) is 13.6. The molecule has 0 fully saturated rings. The van der Waals surface area contributed by atoms with E-state index < -0.39 is 5.97 Å². The Balaban J connectivity index is 3.08. The summed E-state index contributed by atoms with van der Waals surface area (Å²) in [6.45, 7) is 2.29. The van der Waals surface area contributed by atoms with Gasteiger partial charge in [-0.2, -0.15) is 0 Å². The fraction of sp³-hybridized carbons (Fsp3) is 0.893. The summed E-state index contributed by atoms with van der Waals surface area (Å²) in [6.07, 6.45) is 36.0. The lowest BCUT2D eigenvalue weighted by Gasteiger charge is -2.02. The van der Waals surface area contributed by atoms with Crippen molar-refractivity contribution in [3.05, 3.63) is 12.2 Å². The van der Waals surface area contributed by atoms with Crippen molar-refractivity contribution in [3.8, 4) is 0 Å². The van der Waals surface area contributed by atoms with Crippen LogP contribution in [0.3, 0.4) is 0 Å². The smallest absolute Gasteiger partial charge is 0.303 e. The Kier molecular flexibility index (Phi) is 25.6. The van der Waals surface area contributed by atoms with Gasteiger partial charge in [-0.3, -0.25) is 4.79 Å². The van der Waals surface area contributed by atoms with Crippen LogP contribution < -0.4 is 0 Å². The second-order valence-corrected chi connectivity index (χ2v) is 9.26. The lowest BCUT2D eigenvalue weighted by Crippen LogP contribution is -1.93. The van der Waals surface area contributed by atoms with Crippen molar-refractivity contribution < 1.29 is 9.90 Å². The van der Waals surface area contributed by atoms with Crippen molar-refractivity contribution in [3.63, 3.8) is 0 Å². The monoisotopic (exact) mass is 422 g/mol. The van der Waals surface area contributed by atoms with Gasteiger partial charge in [0.15, 0.2) is 0 Å². The van der Waals surface area contributed by atoms with Gasteiger partial charge < -0.3 is 5.11 Å². The van der Waals surface area contributed by atoms with Gasteiger partial charge in [0, 0.05) is 6.42 Å². The lowest BCUT2D eigenvalue weighted by atomic mass is 10.0. The van der Waals surface area contributed by atoms with E-state index in [1.165, 1.54) is 135 Å². The first-order chi connectivity index (χ1) is 14.8. The molecule has 0 atom stereocenters. The molecule has 0 aromatic heterocycles. The average Bonchev–Trinajstić information content (AvgIpc) is 2.73. The highest BCUT2D eigenvalue weighted by molar-refractivity contribution is 5.66.